The number of piperidine rings is 1. The third kappa shape index (κ3) is 3.61. The van der Waals surface area contributed by atoms with E-state index in [-0.39, 0.29) is 6.03 Å². The quantitative estimate of drug-likeness (QED) is 0.853. The Labute approximate surface area is 115 Å². The molecule has 5 heteroatoms. The molecular weight excluding hydrogens is 244 g/mol. The van der Waals surface area contributed by atoms with E-state index >= 15 is 0 Å². The number of urea groups is 1. The lowest BCUT2D eigenvalue weighted by atomic mass is 9.78. The Balaban J connectivity index is 2.62. The van der Waals surface area contributed by atoms with Crippen LogP contribution in [0.3, 0.4) is 0 Å². The smallest absolute Gasteiger partial charge is 0.326 e. The Hall–Kier alpha value is -1.26. The summed E-state index contributed by atoms with van der Waals surface area (Å²) in [6, 6.07) is -0.889. The zero-order chi connectivity index (χ0) is 14.6. The third-order valence-electron chi connectivity index (χ3n) is 4.54. The number of hydrogen-bond donors (Lipinski definition) is 1. The van der Waals surface area contributed by atoms with Crippen molar-refractivity contribution in [3.05, 3.63) is 0 Å². The summed E-state index contributed by atoms with van der Waals surface area (Å²) in [7, 11) is 1.58. The maximum Gasteiger partial charge on any atom is 0.326 e. The number of aliphatic carboxylic acids is 1. The van der Waals surface area contributed by atoms with Gasteiger partial charge < -0.3 is 14.9 Å². The second kappa shape index (κ2) is 6.26. The molecule has 0 bridgehead atoms. The molecule has 5 nitrogen and oxygen atoms in total. The Morgan fingerprint density at radius 2 is 1.84 bits per heavy atom. The van der Waals surface area contributed by atoms with Crippen molar-refractivity contribution < 1.29 is 14.7 Å². The molecule has 2 amide bonds. The highest BCUT2D eigenvalue weighted by Gasteiger charge is 2.33. The van der Waals surface area contributed by atoms with Gasteiger partial charge in [0.25, 0.3) is 0 Å². The number of carbonyl (C=O) groups excluding carboxylic acids is 1. The molecule has 0 saturated carbocycles. The minimum Gasteiger partial charge on any atom is -0.480 e. The lowest BCUT2D eigenvalue weighted by molar-refractivity contribution is -0.142. The first kappa shape index (κ1) is 15.8. The van der Waals surface area contributed by atoms with E-state index in [0.717, 1.165) is 32.4 Å². The van der Waals surface area contributed by atoms with Crippen molar-refractivity contribution in [2.24, 2.45) is 5.41 Å². The fourth-order valence-corrected chi connectivity index (χ4v) is 2.56. The van der Waals surface area contributed by atoms with Crippen LogP contribution in [-0.4, -0.2) is 53.1 Å². The largest absolute Gasteiger partial charge is 0.480 e. The second-order valence-corrected chi connectivity index (χ2v) is 5.81. The van der Waals surface area contributed by atoms with Crippen molar-refractivity contribution in [2.75, 3.05) is 20.1 Å². The second-order valence-electron chi connectivity index (χ2n) is 5.81. The van der Waals surface area contributed by atoms with E-state index in [4.69, 9.17) is 5.11 Å². The maximum atomic E-state index is 12.3. The van der Waals surface area contributed by atoms with Gasteiger partial charge in [-0.25, -0.2) is 9.59 Å². The van der Waals surface area contributed by atoms with Gasteiger partial charge in [-0.15, -0.1) is 0 Å². The van der Waals surface area contributed by atoms with E-state index in [1.807, 2.05) is 0 Å². The highest BCUT2D eigenvalue weighted by atomic mass is 16.4. The van der Waals surface area contributed by atoms with Crippen LogP contribution in [0.4, 0.5) is 4.79 Å². The van der Waals surface area contributed by atoms with Crippen LogP contribution < -0.4 is 0 Å². The van der Waals surface area contributed by atoms with Gasteiger partial charge in [0.1, 0.15) is 6.04 Å². The molecule has 1 rings (SSSR count). The van der Waals surface area contributed by atoms with E-state index in [0.29, 0.717) is 11.8 Å². The summed E-state index contributed by atoms with van der Waals surface area (Å²) in [4.78, 5) is 26.5. The number of carboxylic acids is 1. The van der Waals surface area contributed by atoms with Crippen molar-refractivity contribution in [1.82, 2.24) is 9.80 Å². The first-order valence-electron chi connectivity index (χ1n) is 7.09. The van der Waals surface area contributed by atoms with Crippen LogP contribution in [0.25, 0.3) is 0 Å². The fraction of sp³-hybridized carbons (Fsp3) is 0.857. The van der Waals surface area contributed by atoms with Crippen molar-refractivity contribution in [3.63, 3.8) is 0 Å². The van der Waals surface area contributed by atoms with Crippen molar-refractivity contribution >= 4 is 12.0 Å². The lowest BCUT2D eigenvalue weighted by Crippen LogP contribution is -2.51. The number of hydrogen-bond acceptors (Lipinski definition) is 2. The highest BCUT2D eigenvalue weighted by Crippen LogP contribution is 2.34. The molecule has 0 aromatic carbocycles. The third-order valence-corrected chi connectivity index (χ3v) is 4.54. The van der Waals surface area contributed by atoms with E-state index in [2.05, 4.69) is 13.8 Å². The predicted molar refractivity (Wildman–Crippen MR) is 74.1 cm³/mol. The molecular formula is C14H26N2O3. The minimum absolute atomic E-state index is 0.160. The van der Waals surface area contributed by atoms with E-state index in [1.165, 1.54) is 4.90 Å². The van der Waals surface area contributed by atoms with Gasteiger partial charge in [0.15, 0.2) is 0 Å². The predicted octanol–water partition coefficient (Wildman–Crippen LogP) is 2.41. The van der Waals surface area contributed by atoms with Gasteiger partial charge in [-0.05, 0) is 24.7 Å². The Bertz CT molecular complexity index is 336. The number of likely N-dealkylation sites (N-methyl/N-ethyl adjacent to an activating group) is 1. The molecule has 1 N–H and O–H groups in total. The molecule has 19 heavy (non-hydrogen) atoms. The van der Waals surface area contributed by atoms with Crippen LogP contribution >= 0.6 is 0 Å². The summed E-state index contributed by atoms with van der Waals surface area (Å²) in [5.74, 6) is -0.936. The van der Waals surface area contributed by atoms with Crippen LogP contribution in [-0.2, 0) is 4.79 Å². The van der Waals surface area contributed by atoms with E-state index < -0.39 is 12.0 Å². The normalized spacial score (nSPS) is 19.9. The average molecular weight is 270 g/mol. The molecule has 1 unspecified atom stereocenters. The molecule has 0 spiro atoms. The highest BCUT2D eigenvalue weighted by molar-refractivity contribution is 5.82. The zero-order valence-corrected chi connectivity index (χ0v) is 12.5. The van der Waals surface area contributed by atoms with Gasteiger partial charge in [-0.1, -0.05) is 27.2 Å². The Morgan fingerprint density at radius 3 is 2.21 bits per heavy atom. The Kier molecular flexibility index (Phi) is 5.20. The first-order valence-corrected chi connectivity index (χ1v) is 7.09. The molecule has 1 atom stereocenters. The molecule has 0 radical (unpaired) electrons. The summed E-state index contributed by atoms with van der Waals surface area (Å²) in [5, 5.41) is 9.10. The van der Waals surface area contributed by atoms with E-state index in [1.54, 1.807) is 18.9 Å². The van der Waals surface area contributed by atoms with Crippen molar-refractivity contribution in [3.8, 4) is 0 Å². The topological polar surface area (TPSA) is 60.9 Å². The van der Waals surface area contributed by atoms with Crippen LogP contribution in [0.15, 0.2) is 0 Å². The van der Waals surface area contributed by atoms with Crippen LogP contribution in [0.1, 0.15) is 46.5 Å². The maximum absolute atomic E-state index is 12.3. The molecule has 1 aliphatic heterocycles. The number of carboxylic acid groups (broad SMARTS) is 1. The van der Waals surface area contributed by atoms with Gasteiger partial charge in [-0.3, -0.25) is 0 Å². The molecule has 1 heterocycles. The SMILES string of the molecule is CCC(C(=O)O)N(C)C(=O)N1CCC(C)(CC)CC1. The van der Waals surface area contributed by atoms with Crippen LogP contribution in [0.5, 0.6) is 0 Å². The summed E-state index contributed by atoms with van der Waals surface area (Å²) in [6.07, 6.45) is 3.54. The Morgan fingerprint density at radius 1 is 1.32 bits per heavy atom. The van der Waals surface area contributed by atoms with Crippen molar-refractivity contribution in [2.45, 2.75) is 52.5 Å². The summed E-state index contributed by atoms with van der Waals surface area (Å²) >= 11 is 0. The minimum atomic E-state index is -0.936. The standard InChI is InChI=1S/C14H26N2O3/c1-5-11(12(17)18)15(4)13(19)16-9-7-14(3,6-2)8-10-16/h11H,5-10H2,1-4H3,(H,17,18). The van der Waals surface area contributed by atoms with Gasteiger partial charge >= 0.3 is 12.0 Å². The summed E-state index contributed by atoms with van der Waals surface area (Å²) in [5.41, 5.74) is 0.326. The molecule has 1 aliphatic rings. The first-order chi connectivity index (χ1) is 8.84. The summed E-state index contributed by atoms with van der Waals surface area (Å²) < 4.78 is 0. The average Bonchev–Trinajstić information content (AvgIpc) is 2.39. The number of likely N-dealkylation sites (tertiary alicyclic amines) is 1. The molecule has 1 fully saturated rings. The van der Waals surface area contributed by atoms with Crippen LogP contribution in [0.2, 0.25) is 0 Å². The number of carbonyl (C=O) groups is 2. The van der Waals surface area contributed by atoms with Gasteiger partial charge in [0.05, 0.1) is 0 Å². The van der Waals surface area contributed by atoms with Gasteiger partial charge in [0.2, 0.25) is 0 Å². The molecule has 1 saturated heterocycles. The molecule has 0 aromatic rings. The van der Waals surface area contributed by atoms with Crippen LogP contribution in [0, 0.1) is 5.41 Å². The van der Waals surface area contributed by atoms with Crippen molar-refractivity contribution in [1.29, 1.82) is 0 Å². The number of nitrogens with zero attached hydrogens (tertiary/aromatic N) is 2. The number of rotatable bonds is 4. The van der Waals surface area contributed by atoms with Gasteiger partial charge in [-0.2, -0.15) is 0 Å². The van der Waals surface area contributed by atoms with Gasteiger partial charge in [0, 0.05) is 20.1 Å². The lowest BCUT2D eigenvalue weighted by Gasteiger charge is -2.40. The fourth-order valence-electron chi connectivity index (χ4n) is 2.56. The number of amides is 2. The summed E-state index contributed by atoms with van der Waals surface area (Å²) in [6.45, 7) is 7.67. The molecule has 0 aromatic heterocycles. The zero-order valence-electron chi connectivity index (χ0n) is 12.5. The van der Waals surface area contributed by atoms with E-state index in [9.17, 15) is 9.59 Å². The molecule has 110 valence electrons. The monoisotopic (exact) mass is 270 g/mol. The molecule has 0 aliphatic carbocycles.